The number of amides is 1. The summed E-state index contributed by atoms with van der Waals surface area (Å²) >= 11 is 1.58. The Hall–Kier alpha value is -1.95. The van der Waals surface area contributed by atoms with Crippen molar-refractivity contribution in [2.24, 2.45) is 5.73 Å². The molecule has 0 aliphatic rings. The second-order valence-electron chi connectivity index (χ2n) is 4.38. The van der Waals surface area contributed by atoms with Gasteiger partial charge in [-0.05, 0) is 26.0 Å². The van der Waals surface area contributed by atoms with Crippen LogP contribution in [0.2, 0.25) is 0 Å². The van der Waals surface area contributed by atoms with Gasteiger partial charge in [-0.3, -0.25) is 4.79 Å². The summed E-state index contributed by atoms with van der Waals surface area (Å²) in [5.74, 6) is 0.202. The Bertz CT molecular complexity index is 534. The fourth-order valence-corrected chi connectivity index (χ4v) is 2.24. The SMILES string of the molecule is CC(C)(Nc1ccc(C(N)=O)cn1)c1nccs1. The standard InChI is InChI=1S/C12H14N4OS/c1-12(2,11-14-5-6-18-11)16-9-4-3-8(7-15-9)10(13)17/h3-7H,1-2H3,(H2,13,17)(H,15,16). The van der Waals surface area contributed by atoms with Gasteiger partial charge in [0, 0.05) is 17.8 Å². The quantitative estimate of drug-likeness (QED) is 0.882. The maximum atomic E-state index is 10.9. The Labute approximate surface area is 109 Å². The Morgan fingerprint density at radius 2 is 2.17 bits per heavy atom. The molecule has 5 nitrogen and oxygen atoms in total. The topological polar surface area (TPSA) is 80.9 Å². The largest absolute Gasteiger partial charge is 0.366 e. The van der Waals surface area contributed by atoms with Crippen molar-refractivity contribution in [1.82, 2.24) is 9.97 Å². The first-order chi connectivity index (χ1) is 8.49. The van der Waals surface area contributed by atoms with E-state index in [1.807, 2.05) is 19.2 Å². The number of primary amides is 1. The van der Waals surface area contributed by atoms with Crippen LogP contribution in [0.4, 0.5) is 5.82 Å². The van der Waals surface area contributed by atoms with Crippen molar-refractivity contribution >= 4 is 23.1 Å². The summed E-state index contributed by atoms with van der Waals surface area (Å²) in [4.78, 5) is 19.4. The number of nitrogens with one attached hydrogen (secondary N) is 1. The molecule has 0 bridgehead atoms. The van der Waals surface area contributed by atoms with Crippen LogP contribution in [-0.4, -0.2) is 15.9 Å². The summed E-state index contributed by atoms with van der Waals surface area (Å²) in [7, 11) is 0. The van der Waals surface area contributed by atoms with Crippen molar-refractivity contribution in [2.45, 2.75) is 19.4 Å². The molecule has 0 saturated heterocycles. The normalized spacial score (nSPS) is 11.2. The second-order valence-corrected chi connectivity index (χ2v) is 5.28. The molecule has 18 heavy (non-hydrogen) atoms. The van der Waals surface area contributed by atoms with Gasteiger partial charge in [-0.25, -0.2) is 9.97 Å². The summed E-state index contributed by atoms with van der Waals surface area (Å²) in [5, 5.41) is 6.18. The highest BCUT2D eigenvalue weighted by molar-refractivity contribution is 7.09. The molecule has 0 unspecified atom stereocenters. The number of carbonyl (C=O) groups is 1. The van der Waals surface area contributed by atoms with Gasteiger partial charge in [-0.15, -0.1) is 11.3 Å². The van der Waals surface area contributed by atoms with Crippen LogP contribution in [0.15, 0.2) is 29.9 Å². The lowest BCUT2D eigenvalue weighted by Crippen LogP contribution is -2.28. The number of nitrogens with two attached hydrogens (primary N) is 1. The van der Waals surface area contributed by atoms with E-state index >= 15 is 0 Å². The molecule has 0 radical (unpaired) electrons. The third-order valence-corrected chi connectivity index (χ3v) is 3.55. The molecule has 0 saturated carbocycles. The first-order valence-electron chi connectivity index (χ1n) is 5.43. The first kappa shape index (κ1) is 12.5. The second kappa shape index (κ2) is 4.73. The van der Waals surface area contributed by atoms with Crippen LogP contribution in [0.3, 0.4) is 0 Å². The summed E-state index contributed by atoms with van der Waals surface area (Å²) in [6.07, 6.45) is 3.23. The number of hydrogen-bond donors (Lipinski definition) is 2. The number of thiazole rings is 1. The van der Waals surface area contributed by atoms with Crippen molar-refractivity contribution in [3.8, 4) is 0 Å². The van der Waals surface area contributed by atoms with Crippen LogP contribution < -0.4 is 11.1 Å². The number of hydrogen-bond acceptors (Lipinski definition) is 5. The maximum absolute atomic E-state index is 10.9. The fourth-order valence-electron chi connectivity index (χ4n) is 1.52. The van der Waals surface area contributed by atoms with Gasteiger partial charge >= 0.3 is 0 Å². The Morgan fingerprint density at radius 3 is 2.67 bits per heavy atom. The molecule has 0 aromatic carbocycles. The number of nitrogens with zero attached hydrogens (tertiary/aromatic N) is 2. The molecule has 0 aliphatic heterocycles. The lowest BCUT2D eigenvalue weighted by Gasteiger charge is -2.24. The van der Waals surface area contributed by atoms with Crippen LogP contribution in [0.5, 0.6) is 0 Å². The molecule has 3 N–H and O–H groups in total. The number of rotatable bonds is 4. The molecule has 6 heteroatoms. The number of carbonyl (C=O) groups excluding carboxylic acids is 1. The average Bonchev–Trinajstić information content (AvgIpc) is 2.83. The van der Waals surface area contributed by atoms with Crippen molar-refractivity contribution < 1.29 is 4.79 Å². The zero-order chi connectivity index (χ0) is 13.2. The zero-order valence-electron chi connectivity index (χ0n) is 10.2. The minimum absolute atomic E-state index is 0.310. The van der Waals surface area contributed by atoms with Gasteiger partial charge < -0.3 is 11.1 Å². The van der Waals surface area contributed by atoms with Gasteiger partial charge in [0.25, 0.3) is 0 Å². The Balaban J connectivity index is 2.16. The Morgan fingerprint density at radius 1 is 1.39 bits per heavy atom. The van der Waals surface area contributed by atoms with Crippen LogP contribution >= 0.6 is 11.3 Å². The van der Waals surface area contributed by atoms with Crippen molar-refractivity contribution in [1.29, 1.82) is 0 Å². The molecule has 2 heterocycles. The van der Waals surface area contributed by atoms with Crippen molar-refractivity contribution in [2.75, 3.05) is 5.32 Å². The first-order valence-corrected chi connectivity index (χ1v) is 6.31. The van der Waals surface area contributed by atoms with E-state index in [2.05, 4.69) is 15.3 Å². The third kappa shape index (κ3) is 2.65. The molecule has 2 aromatic heterocycles. The van der Waals surface area contributed by atoms with Gasteiger partial charge in [-0.2, -0.15) is 0 Å². The predicted molar refractivity (Wildman–Crippen MR) is 71.5 cm³/mol. The Kier molecular flexibility index (Phi) is 3.29. The van der Waals surface area contributed by atoms with Crippen LogP contribution in [0, 0.1) is 0 Å². The minimum Gasteiger partial charge on any atom is -0.366 e. The van der Waals surface area contributed by atoms with E-state index < -0.39 is 5.91 Å². The molecular weight excluding hydrogens is 248 g/mol. The predicted octanol–water partition coefficient (Wildman–Crippen LogP) is 1.98. The molecule has 0 atom stereocenters. The smallest absolute Gasteiger partial charge is 0.250 e. The summed E-state index contributed by atoms with van der Waals surface area (Å²) in [6.45, 7) is 4.05. The number of pyridine rings is 1. The molecule has 2 rings (SSSR count). The van der Waals surface area contributed by atoms with E-state index in [-0.39, 0.29) is 5.54 Å². The summed E-state index contributed by atoms with van der Waals surface area (Å²) in [6, 6.07) is 3.38. The fraction of sp³-hybridized carbons (Fsp3) is 0.250. The van der Waals surface area contributed by atoms with Crippen LogP contribution in [-0.2, 0) is 5.54 Å². The van der Waals surface area contributed by atoms with E-state index in [4.69, 9.17) is 5.73 Å². The molecule has 2 aromatic rings. The summed E-state index contributed by atoms with van der Waals surface area (Å²) < 4.78 is 0. The van der Waals surface area contributed by atoms with Crippen LogP contribution in [0.25, 0.3) is 0 Å². The minimum atomic E-state index is -0.478. The van der Waals surface area contributed by atoms with Gasteiger partial charge in [-0.1, -0.05) is 0 Å². The van der Waals surface area contributed by atoms with Crippen LogP contribution in [0.1, 0.15) is 29.2 Å². The third-order valence-electron chi connectivity index (χ3n) is 2.46. The van der Waals surface area contributed by atoms with E-state index in [9.17, 15) is 4.79 Å². The van der Waals surface area contributed by atoms with Crippen molar-refractivity contribution in [3.63, 3.8) is 0 Å². The van der Waals surface area contributed by atoms with E-state index in [1.165, 1.54) is 6.20 Å². The highest BCUT2D eigenvalue weighted by Gasteiger charge is 2.23. The van der Waals surface area contributed by atoms with E-state index in [0.717, 1.165) is 5.01 Å². The molecule has 1 amide bonds. The van der Waals surface area contributed by atoms with Gasteiger partial charge in [0.2, 0.25) is 5.91 Å². The number of anilines is 1. The zero-order valence-corrected chi connectivity index (χ0v) is 11.0. The van der Waals surface area contributed by atoms with Gasteiger partial charge in [0.1, 0.15) is 10.8 Å². The van der Waals surface area contributed by atoms with Crippen molar-refractivity contribution in [3.05, 3.63) is 40.5 Å². The molecular formula is C12H14N4OS. The van der Waals surface area contributed by atoms with E-state index in [1.54, 1.807) is 29.7 Å². The lowest BCUT2D eigenvalue weighted by molar-refractivity contribution is 0.1000. The maximum Gasteiger partial charge on any atom is 0.250 e. The van der Waals surface area contributed by atoms with E-state index in [0.29, 0.717) is 11.4 Å². The lowest BCUT2D eigenvalue weighted by atomic mass is 10.1. The molecule has 0 spiro atoms. The highest BCUT2D eigenvalue weighted by atomic mass is 32.1. The highest BCUT2D eigenvalue weighted by Crippen LogP contribution is 2.26. The van der Waals surface area contributed by atoms with Gasteiger partial charge in [0.05, 0.1) is 11.1 Å². The molecule has 0 aliphatic carbocycles. The molecule has 0 fully saturated rings. The monoisotopic (exact) mass is 262 g/mol. The molecule has 94 valence electrons. The summed E-state index contributed by atoms with van der Waals surface area (Å²) in [5.41, 5.74) is 5.25. The number of aromatic nitrogens is 2. The van der Waals surface area contributed by atoms with Gasteiger partial charge in [0.15, 0.2) is 0 Å². The average molecular weight is 262 g/mol.